The van der Waals surface area contributed by atoms with E-state index in [1.807, 2.05) is 24.3 Å². The molecule has 0 radical (unpaired) electrons. The van der Waals surface area contributed by atoms with Crippen LogP contribution in [0, 0.1) is 0 Å². The number of hydrogen-bond acceptors (Lipinski definition) is 1. The Balaban J connectivity index is 1.86. The molecule has 0 N–H and O–H groups in total. The minimum Gasteiger partial charge on any atom is -0.343 e. The van der Waals surface area contributed by atoms with Crippen LogP contribution >= 0.6 is 0 Å². The van der Waals surface area contributed by atoms with Gasteiger partial charge in [-0.05, 0) is 29.7 Å². The van der Waals surface area contributed by atoms with Crippen LogP contribution in [-0.4, -0.2) is 21.9 Å². The molecular weight excluding hydrogens is 356 g/mol. The molecule has 2 heterocycles. The summed E-state index contributed by atoms with van der Waals surface area (Å²) >= 11 is 0. The molecule has 3 aromatic carbocycles. The van der Waals surface area contributed by atoms with E-state index in [9.17, 15) is 4.79 Å². The average Bonchev–Trinajstić information content (AvgIpc) is 3.21. The standard InChI is InChI=1S/C26H24N2O/c1-3-17-28-25(19-13-7-8-14-20(19)26(28)29)23-21-15-9-10-16-22(21)27(2)24(23)18-11-5-4-6-12-18/h4-16,25H,3,17H2,1-2H3. The number of para-hydroxylation sites is 1. The zero-order chi connectivity index (χ0) is 20.0. The topological polar surface area (TPSA) is 25.2 Å². The molecule has 0 fully saturated rings. The van der Waals surface area contributed by atoms with E-state index < -0.39 is 0 Å². The van der Waals surface area contributed by atoms with Crippen molar-refractivity contribution in [2.24, 2.45) is 7.05 Å². The normalized spacial score (nSPS) is 15.9. The van der Waals surface area contributed by atoms with Gasteiger partial charge >= 0.3 is 0 Å². The number of amides is 1. The number of carbonyl (C=O) groups excluding carboxylic acids is 1. The largest absolute Gasteiger partial charge is 0.343 e. The fourth-order valence-electron chi connectivity index (χ4n) is 4.80. The molecule has 5 rings (SSSR count). The van der Waals surface area contributed by atoms with Crippen molar-refractivity contribution >= 4 is 16.8 Å². The maximum atomic E-state index is 13.3. The van der Waals surface area contributed by atoms with Crippen LogP contribution in [0.2, 0.25) is 0 Å². The molecule has 0 spiro atoms. The number of aromatic nitrogens is 1. The number of benzene rings is 3. The third-order valence-electron chi connectivity index (χ3n) is 5.99. The fraction of sp³-hybridized carbons (Fsp3) is 0.192. The van der Waals surface area contributed by atoms with Crippen molar-refractivity contribution in [2.45, 2.75) is 19.4 Å². The number of aryl methyl sites for hydroxylation is 1. The van der Waals surface area contributed by atoms with Crippen molar-refractivity contribution in [1.29, 1.82) is 0 Å². The van der Waals surface area contributed by atoms with Crippen molar-refractivity contribution in [3.8, 4) is 11.3 Å². The second kappa shape index (κ2) is 6.93. The monoisotopic (exact) mass is 380 g/mol. The van der Waals surface area contributed by atoms with Gasteiger partial charge in [0.1, 0.15) is 0 Å². The van der Waals surface area contributed by atoms with Crippen molar-refractivity contribution in [2.75, 3.05) is 6.54 Å². The molecule has 1 aliphatic rings. The van der Waals surface area contributed by atoms with Crippen molar-refractivity contribution < 1.29 is 4.79 Å². The summed E-state index contributed by atoms with van der Waals surface area (Å²) in [5.74, 6) is 0.138. The third-order valence-corrected chi connectivity index (χ3v) is 5.99. The molecule has 1 atom stereocenters. The van der Waals surface area contributed by atoms with Crippen molar-refractivity contribution in [1.82, 2.24) is 9.47 Å². The first-order valence-corrected chi connectivity index (χ1v) is 10.2. The van der Waals surface area contributed by atoms with Crippen LogP contribution in [0.15, 0.2) is 78.9 Å². The summed E-state index contributed by atoms with van der Waals surface area (Å²) in [5, 5.41) is 1.21. The molecular formula is C26H24N2O. The lowest BCUT2D eigenvalue weighted by Gasteiger charge is -2.26. The maximum absolute atomic E-state index is 13.3. The minimum absolute atomic E-state index is 0.0695. The fourth-order valence-corrected chi connectivity index (χ4v) is 4.80. The first-order chi connectivity index (χ1) is 14.2. The van der Waals surface area contributed by atoms with Crippen molar-refractivity contribution in [3.63, 3.8) is 0 Å². The van der Waals surface area contributed by atoms with Crippen LogP contribution in [-0.2, 0) is 7.05 Å². The minimum atomic E-state index is -0.0695. The lowest BCUT2D eigenvalue weighted by atomic mass is 9.93. The summed E-state index contributed by atoms with van der Waals surface area (Å²) in [5.41, 5.74) is 6.71. The second-order valence-corrected chi connectivity index (χ2v) is 7.69. The van der Waals surface area contributed by atoms with E-state index in [1.165, 1.54) is 27.7 Å². The van der Waals surface area contributed by atoms with Gasteiger partial charge in [0.2, 0.25) is 0 Å². The second-order valence-electron chi connectivity index (χ2n) is 7.69. The molecule has 4 aromatic rings. The van der Waals surface area contributed by atoms with E-state index in [0.717, 1.165) is 24.1 Å². The maximum Gasteiger partial charge on any atom is 0.255 e. The van der Waals surface area contributed by atoms with Gasteiger partial charge in [0.05, 0.1) is 11.7 Å². The number of hydrogen-bond donors (Lipinski definition) is 0. The van der Waals surface area contributed by atoms with Gasteiger partial charge in [-0.15, -0.1) is 0 Å². The molecule has 1 amide bonds. The van der Waals surface area contributed by atoms with E-state index in [2.05, 4.69) is 78.0 Å². The number of carbonyl (C=O) groups is 1. The molecule has 144 valence electrons. The molecule has 3 heteroatoms. The first kappa shape index (κ1) is 17.7. The Bertz CT molecular complexity index is 1210. The van der Waals surface area contributed by atoms with Crippen LogP contribution in [0.25, 0.3) is 22.2 Å². The van der Waals surface area contributed by atoms with Gasteiger partial charge in [0.25, 0.3) is 5.91 Å². The van der Waals surface area contributed by atoms with Crippen LogP contribution < -0.4 is 0 Å². The Morgan fingerprint density at radius 1 is 0.862 bits per heavy atom. The Hall–Kier alpha value is -3.33. The zero-order valence-electron chi connectivity index (χ0n) is 16.8. The Morgan fingerprint density at radius 2 is 1.55 bits per heavy atom. The Kier molecular flexibility index (Phi) is 4.24. The summed E-state index contributed by atoms with van der Waals surface area (Å²) in [6.07, 6.45) is 0.932. The number of rotatable bonds is 4. The summed E-state index contributed by atoms with van der Waals surface area (Å²) < 4.78 is 2.27. The predicted octanol–water partition coefficient (Wildman–Crippen LogP) is 5.80. The molecule has 0 saturated heterocycles. The van der Waals surface area contributed by atoms with Crippen LogP contribution in [0.5, 0.6) is 0 Å². The van der Waals surface area contributed by atoms with E-state index in [4.69, 9.17) is 0 Å². The van der Waals surface area contributed by atoms with Crippen molar-refractivity contribution in [3.05, 3.63) is 95.6 Å². The molecule has 1 unspecified atom stereocenters. The zero-order valence-corrected chi connectivity index (χ0v) is 16.8. The molecule has 1 aromatic heterocycles. The van der Waals surface area contributed by atoms with E-state index in [0.29, 0.717) is 0 Å². The third kappa shape index (κ3) is 2.61. The first-order valence-electron chi connectivity index (χ1n) is 10.2. The van der Waals surface area contributed by atoms with E-state index in [1.54, 1.807) is 0 Å². The predicted molar refractivity (Wildman–Crippen MR) is 118 cm³/mol. The van der Waals surface area contributed by atoms with Gasteiger partial charge in [0, 0.05) is 35.6 Å². The van der Waals surface area contributed by atoms with Crippen LogP contribution in [0.1, 0.15) is 40.9 Å². The quantitative estimate of drug-likeness (QED) is 0.439. The average molecular weight is 380 g/mol. The Morgan fingerprint density at radius 3 is 2.34 bits per heavy atom. The van der Waals surface area contributed by atoms with Gasteiger partial charge in [-0.1, -0.05) is 73.7 Å². The molecule has 29 heavy (non-hydrogen) atoms. The summed E-state index contributed by atoms with van der Waals surface area (Å²) in [6.45, 7) is 2.88. The van der Waals surface area contributed by atoms with Gasteiger partial charge in [-0.2, -0.15) is 0 Å². The van der Waals surface area contributed by atoms with Gasteiger partial charge in [-0.25, -0.2) is 0 Å². The number of nitrogens with zero attached hydrogens (tertiary/aromatic N) is 2. The highest BCUT2D eigenvalue weighted by Crippen LogP contribution is 2.46. The van der Waals surface area contributed by atoms with Crippen LogP contribution in [0.3, 0.4) is 0 Å². The van der Waals surface area contributed by atoms with Crippen LogP contribution in [0.4, 0.5) is 0 Å². The molecule has 0 bridgehead atoms. The summed E-state index contributed by atoms with van der Waals surface area (Å²) in [6, 6.07) is 27.1. The highest BCUT2D eigenvalue weighted by atomic mass is 16.2. The smallest absolute Gasteiger partial charge is 0.255 e. The molecule has 3 nitrogen and oxygen atoms in total. The Labute approximate surface area is 171 Å². The highest BCUT2D eigenvalue weighted by molar-refractivity contribution is 6.02. The summed E-state index contributed by atoms with van der Waals surface area (Å²) in [4.78, 5) is 15.3. The molecule has 0 saturated carbocycles. The molecule has 1 aliphatic heterocycles. The highest BCUT2D eigenvalue weighted by Gasteiger charge is 2.39. The van der Waals surface area contributed by atoms with Gasteiger partial charge < -0.3 is 9.47 Å². The molecule has 0 aliphatic carbocycles. The van der Waals surface area contributed by atoms with Gasteiger partial charge in [0.15, 0.2) is 0 Å². The van der Waals surface area contributed by atoms with E-state index in [-0.39, 0.29) is 11.9 Å². The SMILES string of the molecule is CCCN1C(=O)c2ccccc2C1c1c(-c2ccccc2)n(C)c2ccccc12. The lowest BCUT2D eigenvalue weighted by molar-refractivity contribution is 0.0751. The number of fused-ring (bicyclic) bond motifs is 2. The van der Waals surface area contributed by atoms with Gasteiger partial charge in [-0.3, -0.25) is 4.79 Å². The van der Waals surface area contributed by atoms with E-state index >= 15 is 0 Å². The summed E-state index contributed by atoms with van der Waals surface area (Å²) in [7, 11) is 2.13. The lowest BCUT2D eigenvalue weighted by Crippen LogP contribution is -2.29.